The Balaban J connectivity index is 2.17. The molecule has 1 aromatic carbocycles. The van der Waals surface area contributed by atoms with Gasteiger partial charge in [0, 0.05) is 9.35 Å². The number of halogens is 2. The molecule has 0 radical (unpaired) electrons. The van der Waals surface area contributed by atoms with Crippen LogP contribution < -0.4 is 5.32 Å². The summed E-state index contributed by atoms with van der Waals surface area (Å²) in [7, 11) is 0. The lowest BCUT2D eigenvalue weighted by molar-refractivity contribution is 0.0939. The van der Waals surface area contributed by atoms with E-state index < -0.39 is 0 Å². The minimum absolute atomic E-state index is 0.134. The van der Waals surface area contributed by atoms with Crippen LogP contribution >= 0.6 is 27.3 Å². The zero-order chi connectivity index (χ0) is 14.9. The van der Waals surface area contributed by atoms with E-state index in [4.69, 9.17) is 0 Å². The fourth-order valence-corrected chi connectivity index (χ4v) is 3.42. The number of carbonyl (C=O) groups excluding carboxylic acids is 1. The number of nitrogens with zero attached hydrogens (tertiary/aromatic N) is 1. The fourth-order valence-electron chi connectivity index (χ4n) is 1.96. The van der Waals surface area contributed by atoms with E-state index >= 15 is 0 Å². The van der Waals surface area contributed by atoms with Crippen molar-refractivity contribution >= 4 is 33.2 Å². The van der Waals surface area contributed by atoms with Crippen LogP contribution in [0.1, 0.15) is 38.9 Å². The van der Waals surface area contributed by atoms with Crippen LogP contribution in [0.4, 0.5) is 4.39 Å². The number of rotatable bonds is 3. The van der Waals surface area contributed by atoms with Crippen molar-refractivity contribution in [2.24, 2.45) is 0 Å². The van der Waals surface area contributed by atoms with Crippen molar-refractivity contribution in [3.63, 3.8) is 0 Å². The van der Waals surface area contributed by atoms with E-state index in [1.165, 1.54) is 18.2 Å². The second kappa shape index (κ2) is 6.01. The van der Waals surface area contributed by atoms with Gasteiger partial charge in [-0.25, -0.2) is 9.37 Å². The summed E-state index contributed by atoms with van der Waals surface area (Å²) in [6.45, 7) is 5.77. The number of aromatic nitrogens is 1. The molecule has 3 nitrogen and oxygen atoms in total. The van der Waals surface area contributed by atoms with Crippen molar-refractivity contribution in [3.8, 4) is 0 Å². The van der Waals surface area contributed by atoms with Crippen LogP contribution in [-0.2, 0) is 0 Å². The van der Waals surface area contributed by atoms with Gasteiger partial charge in [0.15, 0.2) is 0 Å². The smallest absolute Gasteiger partial charge is 0.252 e. The molecule has 1 unspecified atom stereocenters. The highest BCUT2D eigenvalue weighted by Crippen LogP contribution is 2.25. The molecule has 1 atom stereocenters. The number of thiazole rings is 1. The summed E-state index contributed by atoms with van der Waals surface area (Å²) in [6.07, 6.45) is 0. The van der Waals surface area contributed by atoms with Gasteiger partial charge in [-0.3, -0.25) is 4.79 Å². The highest BCUT2D eigenvalue weighted by atomic mass is 79.9. The Kier molecular flexibility index (Phi) is 4.55. The standard InChI is InChI=1S/C14H14BrFN2OS/c1-7-13(20-9(3)17-7)8(2)18-14(19)11-5-4-10(16)6-12(11)15/h4-6,8H,1-3H3,(H,18,19). The molecule has 0 aliphatic rings. The molecule has 1 aromatic heterocycles. The lowest BCUT2D eigenvalue weighted by Crippen LogP contribution is -2.26. The second-order valence-corrected chi connectivity index (χ2v) is 6.59. The highest BCUT2D eigenvalue weighted by molar-refractivity contribution is 9.10. The first-order chi connectivity index (χ1) is 9.38. The van der Waals surface area contributed by atoms with E-state index in [9.17, 15) is 9.18 Å². The van der Waals surface area contributed by atoms with Crippen molar-refractivity contribution in [2.75, 3.05) is 0 Å². The van der Waals surface area contributed by atoms with Gasteiger partial charge in [-0.15, -0.1) is 11.3 Å². The first kappa shape index (κ1) is 15.1. The summed E-state index contributed by atoms with van der Waals surface area (Å²) in [5.41, 5.74) is 1.34. The molecule has 0 bridgehead atoms. The third-order valence-corrected chi connectivity index (χ3v) is 4.77. The van der Waals surface area contributed by atoms with E-state index in [0.29, 0.717) is 10.0 Å². The zero-order valence-electron chi connectivity index (χ0n) is 11.3. The topological polar surface area (TPSA) is 42.0 Å². The van der Waals surface area contributed by atoms with Crippen LogP contribution in [0, 0.1) is 19.7 Å². The lowest BCUT2D eigenvalue weighted by atomic mass is 10.2. The number of nitrogens with one attached hydrogen (secondary N) is 1. The summed E-state index contributed by atoms with van der Waals surface area (Å²) >= 11 is 4.77. The number of aryl methyl sites for hydroxylation is 2. The van der Waals surface area contributed by atoms with Gasteiger partial charge in [0.1, 0.15) is 5.82 Å². The Morgan fingerprint density at radius 3 is 2.70 bits per heavy atom. The van der Waals surface area contributed by atoms with E-state index in [2.05, 4.69) is 26.2 Å². The van der Waals surface area contributed by atoms with Gasteiger partial charge in [-0.1, -0.05) is 0 Å². The van der Waals surface area contributed by atoms with Gasteiger partial charge >= 0.3 is 0 Å². The summed E-state index contributed by atoms with van der Waals surface area (Å²) in [5.74, 6) is -0.620. The fraction of sp³-hybridized carbons (Fsp3) is 0.286. The van der Waals surface area contributed by atoms with Crippen molar-refractivity contribution < 1.29 is 9.18 Å². The van der Waals surface area contributed by atoms with Crippen LogP contribution in [-0.4, -0.2) is 10.9 Å². The molecule has 2 aromatic rings. The van der Waals surface area contributed by atoms with Crippen molar-refractivity contribution in [1.82, 2.24) is 10.3 Å². The molecule has 2 rings (SSSR count). The molecular formula is C14H14BrFN2OS. The molecule has 0 saturated carbocycles. The number of benzene rings is 1. The minimum Gasteiger partial charge on any atom is -0.345 e. The molecule has 1 N–H and O–H groups in total. The van der Waals surface area contributed by atoms with Gasteiger partial charge in [-0.05, 0) is 54.9 Å². The molecule has 0 aliphatic heterocycles. The van der Waals surface area contributed by atoms with E-state index in [1.807, 2.05) is 20.8 Å². The normalized spacial score (nSPS) is 12.2. The number of hydrogen-bond donors (Lipinski definition) is 1. The van der Waals surface area contributed by atoms with Crippen LogP contribution in [0.2, 0.25) is 0 Å². The van der Waals surface area contributed by atoms with E-state index in [-0.39, 0.29) is 17.8 Å². The van der Waals surface area contributed by atoms with Crippen LogP contribution in [0.3, 0.4) is 0 Å². The molecule has 106 valence electrons. The Labute approximate surface area is 129 Å². The maximum atomic E-state index is 13.0. The summed E-state index contributed by atoms with van der Waals surface area (Å²) in [5, 5.41) is 3.88. The number of amides is 1. The average Bonchev–Trinajstić information content (AvgIpc) is 2.68. The van der Waals surface area contributed by atoms with Crippen LogP contribution in [0.5, 0.6) is 0 Å². The molecule has 0 spiro atoms. The summed E-state index contributed by atoms with van der Waals surface area (Å²) in [6, 6.07) is 3.88. The van der Waals surface area contributed by atoms with Gasteiger partial charge in [0.2, 0.25) is 0 Å². The lowest BCUT2D eigenvalue weighted by Gasteiger charge is -2.13. The Hall–Kier alpha value is -1.27. The monoisotopic (exact) mass is 356 g/mol. The Morgan fingerprint density at radius 2 is 2.15 bits per heavy atom. The minimum atomic E-state index is -0.379. The molecule has 0 saturated heterocycles. The Bertz CT molecular complexity index is 657. The maximum absolute atomic E-state index is 13.0. The molecule has 20 heavy (non-hydrogen) atoms. The highest BCUT2D eigenvalue weighted by Gasteiger charge is 2.17. The largest absolute Gasteiger partial charge is 0.345 e. The van der Waals surface area contributed by atoms with E-state index in [0.717, 1.165) is 15.6 Å². The van der Waals surface area contributed by atoms with Gasteiger partial charge in [0.25, 0.3) is 5.91 Å². The molecule has 0 aliphatic carbocycles. The summed E-state index contributed by atoms with van der Waals surface area (Å²) < 4.78 is 13.5. The molecule has 1 heterocycles. The molecule has 1 amide bonds. The molecule has 0 fully saturated rings. The van der Waals surface area contributed by atoms with Crippen LogP contribution in [0.25, 0.3) is 0 Å². The number of hydrogen-bond acceptors (Lipinski definition) is 3. The van der Waals surface area contributed by atoms with Gasteiger partial charge < -0.3 is 5.32 Å². The third kappa shape index (κ3) is 3.24. The van der Waals surface area contributed by atoms with Gasteiger partial charge in [0.05, 0.1) is 22.3 Å². The first-order valence-electron chi connectivity index (χ1n) is 6.08. The second-order valence-electron chi connectivity index (χ2n) is 4.50. The molecular weight excluding hydrogens is 343 g/mol. The SMILES string of the molecule is Cc1nc(C)c(C(C)NC(=O)c2ccc(F)cc2Br)s1. The Morgan fingerprint density at radius 1 is 1.45 bits per heavy atom. The van der Waals surface area contributed by atoms with Crippen LogP contribution in [0.15, 0.2) is 22.7 Å². The third-order valence-electron chi connectivity index (χ3n) is 2.86. The maximum Gasteiger partial charge on any atom is 0.252 e. The summed E-state index contributed by atoms with van der Waals surface area (Å²) in [4.78, 5) is 17.6. The average molecular weight is 357 g/mol. The van der Waals surface area contributed by atoms with Gasteiger partial charge in [-0.2, -0.15) is 0 Å². The predicted octanol–water partition coefficient (Wildman–Crippen LogP) is 4.15. The predicted molar refractivity (Wildman–Crippen MR) is 81.6 cm³/mol. The van der Waals surface area contributed by atoms with E-state index in [1.54, 1.807) is 11.3 Å². The van der Waals surface area contributed by atoms with Crippen molar-refractivity contribution in [2.45, 2.75) is 26.8 Å². The quantitative estimate of drug-likeness (QED) is 0.897. The van der Waals surface area contributed by atoms with Crippen molar-refractivity contribution in [3.05, 3.63) is 49.6 Å². The number of carbonyl (C=O) groups is 1. The first-order valence-corrected chi connectivity index (χ1v) is 7.69. The molecule has 6 heteroatoms. The zero-order valence-corrected chi connectivity index (χ0v) is 13.7. The van der Waals surface area contributed by atoms with Crippen molar-refractivity contribution in [1.29, 1.82) is 0 Å².